The van der Waals surface area contributed by atoms with Gasteiger partial charge in [-0.2, -0.15) is 0 Å². The Morgan fingerprint density at radius 2 is 1.74 bits per heavy atom. The molecule has 8 heteroatoms. The fraction of sp³-hybridized carbons (Fsp3) is 0.407. The van der Waals surface area contributed by atoms with E-state index in [-0.39, 0.29) is 11.8 Å². The van der Waals surface area contributed by atoms with E-state index in [4.69, 9.17) is 4.74 Å². The maximum absolute atomic E-state index is 13.1. The van der Waals surface area contributed by atoms with Crippen molar-refractivity contribution in [2.24, 2.45) is 0 Å². The van der Waals surface area contributed by atoms with Crippen molar-refractivity contribution in [1.82, 2.24) is 15.5 Å². The maximum Gasteiger partial charge on any atom is 0.249 e. The zero-order valence-corrected chi connectivity index (χ0v) is 21.3. The zero-order valence-electron chi connectivity index (χ0n) is 20.5. The second kappa shape index (κ2) is 14.2. The Balaban J connectivity index is 1.62. The number of nitrogens with one attached hydrogen (secondary N) is 2. The van der Waals surface area contributed by atoms with E-state index in [2.05, 4.69) is 27.8 Å². The summed E-state index contributed by atoms with van der Waals surface area (Å²) >= 11 is 1.28. The average molecular weight is 495 g/mol. The molecule has 7 nitrogen and oxygen atoms in total. The molecule has 1 unspecified atom stereocenters. The van der Waals surface area contributed by atoms with Gasteiger partial charge in [-0.25, -0.2) is 0 Å². The number of anilines is 1. The predicted molar refractivity (Wildman–Crippen MR) is 141 cm³/mol. The number of hydrogen-bond acceptors (Lipinski definition) is 6. The fourth-order valence-corrected chi connectivity index (χ4v) is 4.47. The molecule has 1 aromatic heterocycles. The lowest BCUT2D eigenvalue weighted by molar-refractivity contribution is -0.126. The Morgan fingerprint density at radius 1 is 0.971 bits per heavy atom. The summed E-state index contributed by atoms with van der Waals surface area (Å²) in [4.78, 5) is 25.8. The number of ether oxygens (including phenoxy) is 1. The maximum atomic E-state index is 13.1. The van der Waals surface area contributed by atoms with E-state index < -0.39 is 6.04 Å². The van der Waals surface area contributed by atoms with Crippen LogP contribution in [0.2, 0.25) is 0 Å². The van der Waals surface area contributed by atoms with Gasteiger partial charge in [0.2, 0.25) is 16.9 Å². The van der Waals surface area contributed by atoms with Crippen molar-refractivity contribution in [3.8, 4) is 16.3 Å². The molecule has 0 aliphatic rings. The lowest BCUT2D eigenvalue weighted by Crippen LogP contribution is -2.45. The van der Waals surface area contributed by atoms with Gasteiger partial charge in [-0.05, 0) is 24.1 Å². The van der Waals surface area contributed by atoms with Crippen LogP contribution in [-0.2, 0) is 16.0 Å². The molecule has 35 heavy (non-hydrogen) atoms. The highest BCUT2D eigenvalue weighted by Gasteiger charge is 2.22. The minimum absolute atomic E-state index is 0.106. The molecule has 186 valence electrons. The van der Waals surface area contributed by atoms with E-state index >= 15 is 0 Å². The molecule has 0 fully saturated rings. The number of benzene rings is 2. The summed E-state index contributed by atoms with van der Waals surface area (Å²) in [6.07, 6.45) is 7.46. The molecule has 1 atom stereocenters. The molecule has 0 saturated heterocycles. The van der Waals surface area contributed by atoms with Gasteiger partial charge in [-0.15, -0.1) is 10.2 Å². The second-order valence-corrected chi connectivity index (χ2v) is 9.44. The first-order chi connectivity index (χ1) is 17.1. The van der Waals surface area contributed by atoms with Gasteiger partial charge in [0.15, 0.2) is 0 Å². The molecule has 0 aliphatic carbocycles. The monoisotopic (exact) mass is 494 g/mol. The number of unbranched alkanes of at least 4 members (excludes halogenated alkanes) is 5. The molecule has 3 aromatic rings. The summed E-state index contributed by atoms with van der Waals surface area (Å²) in [7, 11) is 1.61. The number of hydrogen-bond donors (Lipinski definition) is 2. The Hall–Kier alpha value is -3.26. The number of methoxy groups -OCH3 is 1. The molecule has 3 rings (SSSR count). The van der Waals surface area contributed by atoms with Crippen LogP contribution in [-0.4, -0.2) is 35.2 Å². The fourth-order valence-electron chi connectivity index (χ4n) is 3.73. The standard InChI is InChI=1S/C27H34N4O3S/c1-3-4-5-6-7-11-17-24(32)28-23(18-20-13-9-8-10-14-20)25(33)29-27-31-30-26(35-27)21-15-12-16-22(19-21)34-2/h8-10,12-16,19,23H,3-7,11,17-18H2,1-2H3,(H,28,32)(H,29,31,33). The predicted octanol–water partition coefficient (Wildman–Crippen LogP) is 5.63. The molecule has 1 heterocycles. The highest BCUT2D eigenvalue weighted by Crippen LogP contribution is 2.28. The largest absolute Gasteiger partial charge is 0.497 e. The van der Waals surface area contributed by atoms with Gasteiger partial charge in [0.25, 0.3) is 0 Å². The molecule has 0 spiro atoms. The molecular weight excluding hydrogens is 460 g/mol. The van der Waals surface area contributed by atoms with Gasteiger partial charge in [-0.1, -0.05) is 92.8 Å². The zero-order chi connectivity index (χ0) is 24.9. The van der Waals surface area contributed by atoms with E-state index in [1.165, 1.54) is 30.6 Å². The van der Waals surface area contributed by atoms with Crippen LogP contribution in [0.4, 0.5) is 5.13 Å². The average Bonchev–Trinajstić information content (AvgIpc) is 3.35. The molecule has 2 N–H and O–H groups in total. The van der Waals surface area contributed by atoms with Gasteiger partial charge in [0.1, 0.15) is 16.8 Å². The minimum Gasteiger partial charge on any atom is -0.497 e. The SMILES string of the molecule is CCCCCCCCC(=O)NC(Cc1ccccc1)C(=O)Nc1nnc(-c2cccc(OC)c2)s1. The van der Waals surface area contributed by atoms with E-state index in [0.717, 1.165) is 36.1 Å². The number of carbonyl (C=O) groups excluding carboxylic acids is 2. The van der Waals surface area contributed by atoms with Gasteiger partial charge < -0.3 is 10.1 Å². The van der Waals surface area contributed by atoms with Crippen molar-refractivity contribution in [1.29, 1.82) is 0 Å². The summed E-state index contributed by atoms with van der Waals surface area (Å²) in [5.74, 6) is 0.309. The van der Waals surface area contributed by atoms with Crippen LogP contribution in [0.15, 0.2) is 54.6 Å². The molecule has 2 aromatic carbocycles. The van der Waals surface area contributed by atoms with Crippen molar-refractivity contribution in [2.75, 3.05) is 12.4 Å². The van der Waals surface area contributed by atoms with Crippen LogP contribution in [0.5, 0.6) is 5.75 Å². The van der Waals surface area contributed by atoms with Crippen molar-refractivity contribution in [3.05, 3.63) is 60.2 Å². The smallest absolute Gasteiger partial charge is 0.249 e. The highest BCUT2D eigenvalue weighted by atomic mass is 32.1. The lowest BCUT2D eigenvalue weighted by Gasteiger charge is -2.18. The first-order valence-electron chi connectivity index (χ1n) is 12.2. The van der Waals surface area contributed by atoms with Gasteiger partial charge in [-0.3, -0.25) is 14.9 Å². The Morgan fingerprint density at radius 3 is 2.51 bits per heavy atom. The third kappa shape index (κ3) is 8.79. The molecule has 0 aliphatic heterocycles. The summed E-state index contributed by atoms with van der Waals surface area (Å²) < 4.78 is 5.27. The number of nitrogens with zero attached hydrogens (tertiary/aromatic N) is 2. The third-order valence-corrected chi connectivity index (χ3v) is 6.55. The lowest BCUT2D eigenvalue weighted by atomic mass is 10.0. The van der Waals surface area contributed by atoms with Crippen molar-refractivity contribution in [2.45, 2.75) is 64.3 Å². The van der Waals surface area contributed by atoms with Crippen LogP contribution in [0.25, 0.3) is 10.6 Å². The van der Waals surface area contributed by atoms with E-state index in [0.29, 0.717) is 23.0 Å². The first-order valence-corrected chi connectivity index (χ1v) is 13.0. The minimum atomic E-state index is -0.700. The molecule has 2 amide bonds. The quantitative estimate of drug-likeness (QED) is 0.283. The van der Waals surface area contributed by atoms with Crippen molar-refractivity contribution >= 4 is 28.3 Å². The van der Waals surface area contributed by atoms with Gasteiger partial charge >= 0.3 is 0 Å². The van der Waals surface area contributed by atoms with Crippen LogP contribution in [0.3, 0.4) is 0 Å². The summed E-state index contributed by atoms with van der Waals surface area (Å²) in [6, 6.07) is 16.5. The molecule has 0 saturated carbocycles. The van der Waals surface area contributed by atoms with Crippen LogP contribution < -0.4 is 15.4 Å². The normalized spacial score (nSPS) is 11.6. The third-order valence-electron chi connectivity index (χ3n) is 5.66. The molecular formula is C27H34N4O3S. The first kappa shape index (κ1) is 26.3. The van der Waals surface area contributed by atoms with Crippen LogP contribution >= 0.6 is 11.3 Å². The van der Waals surface area contributed by atoms with E-state index in [1.807, 2.05) is 54.6 Å². The number of rotatable bonds is 14. The second-order valence-electron chi connectivity index (χ2n) is 8.46. The van der Waals surface area contributed by atoms with Crippen molar-refractivity contribution in [3.63, 3.8) is 0 Å². The number of amides is 2. The highest BCUT2D eigenvalue weighted by molar-refractivity contribution is 7.18. The molecule has 0 radical (unpaired) electrons. The Kier molecular flexibility index (Phi) is 10.7. The Bertz CT molecular complexity index is 1070. The van der Waals surface area contributed by atoms with E-state index in [1.54, 1.807) is 7.11 Å². The number of carbonyl (C=O) groups is 2. The summed E-state index contributed by atoms with van der Waals surface area (Å²) in [5.41, 5.74) is 1.83. The molecule has 0 bridgehead atoms. The van der Waals surface area contributed by atoms with Crippen LogP contribution in [0.1, 0.15) is 57.4 Å². The summed E-state index contributed by atoms with van der Waals surface area (Å²) in [5, 5.41) is 15.2. The topological polar surface area (TPSA) is 93.2 Å². The van der Waals surface area contributed by atoms with Crippen LogP contribution in [0, 0.1) is 0 Å². The Labute approximate surface area is 211 Å². The van der Waals surface area contributed by atoms with E-state index in [9.17, 15) is 9.59 Å². The summed E-state index contributed by atoms with van der Waals surface area (Å²) in [6.45, 7) is 2.19. The van der Waals surface area contributed by atoms with Crippen molar-refractivity contribution < 1.29 is 14.3 Å². The number of aromatic nitrogens is 2. The van der Waals surface area contributed by atoms with Gasteiger partial charge in [0.05, 0.1) is 7.11 Å². The van der Waals surface area contributed by atoms with Gasteiger partial charge in [0, 0.05) is 18.4 Å².